The fourth-order valence-electron chi connectivity index (χ4n) is 1.77. The molecule has 1 aromatic rings. The number of rotatable bonds is 7. The second-order valence-electron chi connectivity index (χ2n) is 4.85. The lowest BCUT2D eigenvalue weighted by atomic mass is 10.0. The van der Waals surface area contributed by atoms with Gasteiger partial charge in [0.05, 0.1) is 6.61 Å². The molecule has 1 N–H and O–H groups in total. The number of hydrogen-bond donors (Lipinski definition) is 1. The van der Waals surface area contributed by atoms with Crippen LogP contribution in [0.5, 0.6) is 0 Å². The summed E-state index contributed by atoms with van der Waals surface area (Å²) in [7, 11) is 0. The third-order valence-electron chi connectivity index (χ3n) is 2.96. The highest BCUT2D eigenvalue weighted by Crippen LogP contribution is 2.23. The number of nitrogens with one attached hydrogen (secondary N) is 1. The van der Waals surface area contributed by atoms with Gasteiger partial charge in [-0.15, -0.1) is 11.3 Å². The molecule has 0 aliphatic carbocycles. The fourth-order valence-corrected chi connectivity index (χ4v) is 2.66. The predicted octanol–water partition coefficient (Wildman–Crippen LogP) is 3.77. The summed E-state index contributed by atoms with van der Waals surface area (Å²) in [5.74, 6) is 0.588. The third-order valence-corrected chi connectivity index (χ3v) is 4.14. The van der Waals surface area contributed by atoms with Crippen molar-refractivity contribution in [1.29, 1.82) is 0 Å². The molecular formula is C14H25NOS. The lowest BCUT2D eigenvalue weighted by molar-refractivity contribution is 0.104. The van der Waals surface area contributed by atoms with Crippen molar-refractivity contribution in [2.24, 2.45) is 5.92 Å². The Kier molecular flexibility index (Phi) is 6.17. The average molecular weight is 255 g/mol. The summed E-state index contributed by atoms with van der Waals surface area (Å²) in [4.78, 5) is 2.78. The van der Waals surface area contributed by atoms with Gasteiger partial charge >= 0.3 is 0 Å². The van der Waals surface area contributed by atoms with E-state index in [9.17, 15) is 0 Å². The summed E-state index contributed by atoms with van der Waals surface area (Å²) >= 11 is 1.87. The van der Waals surface area contributed by atoms with Crippen LogP contribution < -0.4 is 5.32 Å². The predicted molar refractivity (Wildman–Crippen MR) is 75.7 cm³/mol. The van der Waals surface area contributed by atoms with Crippen LogP contribution in [0.3, 0.4) is 0 Å². The van der Waals surface area contributed by atoms with Crippen molar-refractivity contribution in [1.82, 2.24) is 5.32 Å². The molecule has 17 heavy (non-hydrogen) atoms. The van der Waals surface area contributed by atoms with Crippen LogP contribution in [0.2, 0.25) is 0 Å². The van der Waals surface area contributed by atoms with E-state index in [4.69, 9.17) is 4.74 Å². The monoisotopic (exact) mass is 255 g/mol. The molecule has 0 fully saturated rings. The molecule has 0 aromatic carbocycles. The molecule has 0 saturated carbocycles. The standard InChI is InChI=1S/C14H25NOS/c1-6-16-9-13(10(2)3)15-12(5)14-8-7-11(4)17-14/h7-8,10,12-13,15H,6,9H2,1-5H3. The first kappa shape index (κ1) is 14.7. The SMILES string of the molecule is CCOCC(NC(C)c1ccc(C)s1)C(C)C. The lowest BCUT2D eigenvalue weighted by Crippen LogP contribution is -2.39. The molecule has 0 aliphatic rings. The van der Waals surface area contributed by atoms with E-state index in [0.717, 1.165) is 13.2 Å². The third kappa shape index (κ3) is 4.78. The molecule has 0 bridgehead atoms. The van der Waals surface area contributed by atoms with Gasteiger partial charge in [-0.05, 0) is 38.8 Å². The molecule has 2 atom stereocenters. The summed E-state index contributed by atoms with van der Waals surface area (Å²) in [6.45, 7) is 12.5. The molecule has 0 amide bonds. The Morgan fingerprint density at radius 1 is 1.29 bits per heavy atom. The molecule has 0 radical (unpaired) electrons. The quantitative estimate of drug-likeness (QED) is 0.801. The summed E-state index contributed by atoms with van der Waals surface area (Å²) in [6, 6.07) is 5.23. The van der Waals surface area contributed by atoms with E-state index in [1.165, 1.54) is 9.75 Å². The van der Waals surface area contributed by atoms with E-state index in [2.05, 4.69) is 45.1 Å². The second-order valence-corrected chi connectivity index (χ2v) is 6.17. The maximum Gasteiger partial charge on any atom is 0.0622 e. The van der Waals surface area contributed by atoms with E-state index in [-0.39, 0.29) is 0 Å². The Hall–Kier alpha value is -0.380. The molecule has 0 saturated heterocycles. The maximum absolute atomic E-state index is 5.54. The average Bonchev–Trinajstić information content (AvgIpc) is 2.70. The highest BCUT2D eigenvalue weighted by molar-refractivity contribution is 7.12. The first-order chi connectivity index (χ1) is 8.04. The van der Waals surface area contributed by atoms with Crippen molar-refractivity contribution in [3.63, 3.8) is 0 Å². The van der Waals surface area contributed by atoms with Crippen molar-refractivity contribution in [3.8, 4) is 0 Å². The molecule has 1 heterocycles. The minimum Gasteiger partial charge on any atom is -0.380 e. The van der Waals surface area contributed by atoms with Gasteiger partial charge in [0.1, 0.15) is 0 Å². The van der Waals surface area contributed by atoms with Gasteiger partial charge < -0.3 is 10.1 Å². The summed E-state index contributed by atoms with van der Waals surface area (Å²) < 4.78 is 5.54. The first-order valence-corrected chi connectivity index (χ1v) is 7.26. The molecule has 1 rings (SSSR count). The molecule has 98 valence electrons. The zero-order chi connectivity index (χ0) is 12.8. The van der Waals surface area contributed by atoms with Crippen LogP contribution >= 0.6 is 11.3 Å². The number of thiophene rings is 1. The summed E-state index contributed by atoms with van der Waals surface area (Å²) in [6.07, 6.45) is 0. The smallest absolute Gasteiger partial charge is 0.0622 e. The second kappa shape index (κ2) is 7.14. The molecule has 3 heteroatoms. The van der Waals surface area contributed by atoms with Crippen molar-refractivity contribution in [2.75, 3.05) is 13.2 Å². The van der Waals surface area contributed by atoms with E-state index in [1.54, 1.807) is 0 Å². The van der Waals surface area contributed by atoms with Gasteiger partial charge in [-0.2, -0.15) is 0 Å². The van der Waals surface area contributed by atoms with Crippen molar-refractivity contribution < 1.29 is 4.74 Å². The topological polar surface area (TPSA) is 21.3 Å². The zero-order valence-electron chi connectivity index (χ0n) is 11.6. The van der Waals surface area contributed by atoms with Gasteiger partial charge in [0.2, 0.25) is 0 Å². The lowest BCUT2D eigenvalue weighted by Gasteiger charge is -2.25. The number of aryl methyl sites for hydroxylation is 1. The Morgan fingerprint density at radius 3 is 2.47 bits per heavy atom. The van der Waals surface area contributed by atoms with Crippen molar-refractivity contribution in [3.05, 3.63) is 21.9 Å². The molecule has 1 aromatic heterocycles. The van der Waals surface area contributed by atoms with Gasteiger partial charge in [-0.25, -0.2) is 0 Å². The van der Waals surface area contributed by atoms with Crippen LogP contribution in [0.4, 0.5) is 0 Å². The Morgan fingerprint density at radius 2 is 2.00 bits per heavy atom. The van der Waals surface area contributed by atoms with Crippen LogP contribution in [0, 0.1) is 12.8 Å². The van der Waals surface area contributed by atoms with Gasteiger partial charge in [0, 0.05) is 28.4 Å². The highest BCUT2D eigenvalue weighted by Gasteiger charge is 2.17. The molecular weight excluding hydrogens is 230 g/mol. The van der Waals surface area contributed by atoms with Crippen LogP contribution in [0.15, 0.2) is 12.1 Å². The van der Waals surface area contributed by atoms with Gasteiger partial charge in [-0.3, -0.25) is 0 Å². The number of hydrogen-bond acceptors (Lipinski definition) is 3. The molecule has 0 spiro atoms. The van der Waals surface area contributed by atoms with Crippen LogP contribution in [0.1, 0.15) is 43.5 Å². The molecule has 2 nitrogen and oxygen atoms in total. The zero-order valence-corrected chi connectivity index (χ0v) is 12.4. The Bertz CT molecular complexity index is 322. The van der Waals surface area contributed by atoms with E-state index in [1.807, 2.05) is 18.3 Å². The van der Waals surface area contributed by atoms with Crippen molar-refractivity contribution >= 4 is 11.3 Å². The maximum atomic E-state index is 5.54. The number of ether oxygens (including phenoxy) is 1. The summed E-state index contributed by atoms with van der Waals surface area (Å²) in [5.41, 5.74) is 0. The largest absolute Gasteiger partial charge is 0.380 e. The fraction of sp³-hybridized carbons (Fsp3) is 0.714. The van der Waals surface area contributed by atoms with Crippen LogP contribution in [-0.2, 0) is 4.74 Å². The van der Waals surface area contributed by atoms with Crippen molar-refractivity contribution in [2.45, 2.75) is 46.7 Å². The van der Waals surface area contributed by atoms with Crippen LogP contribution in [-0.4, -0.2) is 19.3 Å². The Labute approximate surface area is 109 Å². The van der Waals surface area contributed by atoms with E-state index < -0.39 is 0 Å². The minimum absolute atomic E-state index is 0.404. The van der Waals surface area contributed by atoms with Gasteiger partial charge in [-0.1, -0.05) is 13.8 Å². The molecule has 0 aliphatic heterocycles. The summed E-state index contributed by atoms with van der Waals surface area (Å²) in [5, 5.41) is 3.67. The Balaban J connectivity index is 2.54. The highest BCUT2D eigenvalue weighted by atomic mass is 32.1. The first-order valence-electron chi connectivity index (χ1n) is 6.44. The molecule has 2 unspecified atom stereocenters. The van der Waals surface area contributed by atoms with Gasteiger partial charge in [0.15, 0.2) is 0 Å². The minimum atomic E-state index is 0.404. The normalized spacial score (nSPS) is 15.2. The van der Waals surface area contributed by atoms with E-state index >= 15 is 0 Å². The van der Waals surface area contributed by atoms with Gasteiger partial charge in [0.25, 0.3) is 0 Å². The van der Waals surface area contributed by atoms with E-state index in [0.29, 0.717) is 18.0 Å². The van der Waals surface area contributed by atoms with Crippen LogP contribution in [0.25, 0.3) is 0 Å².